The molecule has 0 aromatic rings. The Morgan fingerprint density at radius 3 is 2.00 bits per heavy atom. The van der Waals surface area contributed by atoms with E-state index in [1.807, 2.05) is 0 Å². The van der Waals surface area contributed by atoms with Crippen LogP contribution >= 0.6 is 45.9 Å². The van der Waals surface area contributed by atoms with Crippen LogP contribution in [0.5, 0.6) is 0 Å². The minimum absolute atomic E-state index is 0.932. The zero-order chi connectivity index (χ0) is 8.06. The highest BCUT2D eigenvalue weighted by atomic mass is 80.0. The van der Waals surface area contributed by atoms with E-state index in [0.29, 0.717) is 0 Å². The summed E-state index contributed by atoms with van der Waals surface area (Å²) in [5, 5.41) is 0. The van der Waals surface area contributed by atoms with Crippen molar-refractivity contribution in [2.45, 2.75) is 31.2 Å². The van der Waals surface area contributed by atoms with Gasteiger partial charge in [-0.3, -0.25) is 0 Å². The van der Waals surface area contributed by atoms with Crippen LogP contribution in [0.2, 0.25) is 5.54 Å². The highest BCUT2D eigenvalue weighted by molar-refractivity contribution is 9.72. The van der Waals surface area contributed by atoms with Gasteiger partial charge in [0.2, 0.25) is 0 Å². The van der Waals surface area contributed by atoms with Crippen LogP contribution in [0.3, 0.4) is 0 Å². The van der Waals surface area contributed by atoms with Crippen molar-refractivity contribution < 1.29 is 0 Å². The van der Waals surface area contributed by atoms with Crippen molar-refractivity contribution in [2.75, 3.05) is 0 Å². The Labute approximate surface area is 92.2 Å². The second kappa shape index (κ2) is 3.10. The fraction of sp³-hybridized carbons (Fsp3) is 1.00. The first-order valence-corrected chi connectivity index (χ1v) is 13.0. The van der Waals surface area contributed by atoms with E-state index in [1.54, 1.807) is 0 Å². The molecule has 4 heteroatoms. The Bertz CT molecular complexity index is 166. The van der Waals surface area contributed by atoms with Gasteiger partial charge in [-0.2, -0.15) is 0 Å². The quantitative estimate of drug-likeness (QED) is 0.482. The molecule has 3 atom stereocenters. The number of rotatable bonds is 1. The maximum atomic E-state index is 3.78. The average Bonchev–Trinajstić information content (AvgIpc) is 2.42. The van der Waals surface area contributed by atoms with E-state index in [2.05, 4.69) is 45.9 Å². The lowest BCUT2D eigenvalue weighted by molar-refractivity contribution is 0.478. The van der Waals surface area contributed by atoms with E-state index in [-0.39, 0.29) is 0 Å². The minimum Gasteiger partial charge on any atom is -0.0961 e. The molecule has 0 N–H and O–H groups in total. The summed E-state index contributed by atoms with van der Waals surface area (Å²) in [5.74, 6) is 2.08. The lowest BCUT2D eigenvalue weighted by Gasteiger charge is -2.27. The van der Waals surface area contributed by atoms with E-state index in [9.17, 15) is 0 Å². The third-order valence-corrected chi connectivity index (χ3v) is 10.00. The van der Waals surface area contributed by atoms with Crippen molar-refractivity contribution in [1.82, 2.24) is 0 Å². The molecule has 0 aromatic heterocycles. The molecule has 0 nitrogen and oxygen atoms in total. The van der Waals surface area contributed by atoms with E-state index >= 15 is 0 Å². The van der Waals surface area contributed by atoms with Crippen molar-refractivity contribution >= 4 is 49.8 Å². The van der Waals surface area contributed by atoms with Crippen LogP contribution in [0.1, 0.15) is 25.7 Å². The van der Waals surface area contributed by atoms with Crippen LogP contribution in [0, 0.1) is 11.8 Å². The fourth-order valence-electron chi connectivity index (χ4n) is 2.65. The van der Waals surface area contributed by atoms with Gasteiger partial charge in [-0.1, -0.05) is 58.7 Å². The van der Waals surface area contributed by atoms with Gasteiger partial charge in [-0.25, -0.2) is 0 Å². The largest absolute Gasteiger partial charge is 0.270 e. The molecule has 0 spiro atoms. The van der Waals surface area contributed by atoms with Gasteiger partial charge in [0.05, 0.1) is 0 Å². The molecule has 2 saturated carbocycles. The van der Waals surface area contributed by atoms with E-state index < -0.39 is 3.93 Å². The van der Waals surface area contributed by atoms with Crippen molar-refractivity contribution in [3.05, 3.63) is 0 Å². The zero-order valence-corrected chi connectivity index (χ0v) is 12.0. The minimum atomic E-state index is -1.34. The molecule has 0 saturated heterocycles. The van der Waals surface area contributed by atoms with Gasteiger partial charge in [-0.15, -0.1) is 0 Å². The first-order chi connectivity index (χ1) is 5.07. The first-order valence-electron chi connectivity index (χ1n) is 4.14. The van der Waals surface area contributed by atoms with E-state index in [1.165, 1.54) is 25.7 Å². The number of hydrogen-bond donors (Lipinski definition) is 0. The normalized spacial score (nSPS) is 43.4. The summed E-state index contributed by atoms with van der Waals surface area (Å²) in [4.78, 5) is 0. The highest BCUT2D eigenvalue weighted by Crippen LogP contribution is 2.59. The molecule has 2 bridgehead atoms. The smallest absolute Gasteiger partial charge is 0.0961 e. The van der Waals surface area contributed by atoms with Gasteiger partial charge in [0, 0.05) is 0 Å². The van der Waals surface area contributed by atoms with E-state index in [0.717, 1.165) is 17.4 Å². The summed E-state index contributed by atoms with van der Waals surface area (Å²) in [6, 6.07) is 0. The van der Waals surface area contributed by atoms with Gasteiger partial charge in [-0.05, 0) is 30.2 Å². The Morgan fingerprint density at radius 1 is 1.00 bits per heavy atom. The number of halogens is 3. The van der Waals surface area contributed by atoms with Crippen LogP contribution in [-0.4, -0.2) is 3.93 Å². The summed E-state index contributed by atoms with van der Waals surface area (Å²) < 4.78 is -1.34. The second-order valence-electron chi connectivity index (χ2n) is 3.82. The summed E-state index contributed by atoms with van der Waals surface area (Å²) in [6.45, 7) is 0. The van der Waals surface area contributed by atoms with Gasteiger partial charge in [0.25, 0.3) is 3.93 Å². The average molecular weight is 363 g/mol. The van der Waals surface area contributed by atoms with Crippen LogP contribution < -0.4 is 0 Å². The third kappa shape index (κ3) is 1.79. The summed E-state index contributed by atoms with van der Waals surface area (Å²) in [6.07, 6.45) is 5.94. The van der Waals surface area contributed by atoms with Crippen molar-refractivity contribution in [3.8, 4) is 0 Å². The Morgan fingerprint density at radius 2 is 1.73 bits per heavy atom. The predicted molar refractivity (Wildman–Crippen MR) is 61.7 cm³/mol. The van der Waals surface area contributed by atoms with Crippen LogP contribution in [0.15, 0.2) is 0 Å². The second-order valence-corrected chi connectivity index (χ2v) is 26.5. The van der Waals surface area contributed by atoms with Crippen molar-refractivity contribution in [2.24, 2.45) is 11.8 Å². The summed E-state index contributed by atoms with van der Waals surface area (Å²) >= 11 is 11.3. The highest BCUT2D eigenvalue weighted by Gasteiger charge is 2.48. The van der Waals surface area contributed by atoms with Gasteiger partial charge >= 0.3 is 0 Å². The first kappa shape index (κ1) is 9.22. The Hall–Kier alpha value is 1.66. The molecule has 11 heavy (non-hydrogen) atoms. The maximum absolute atomic E-state index is 3.78. The van der Waals surface area contributed by atoms with Crippen LogP contribution in [0.4, 0.5) is 0 Å². The van der Waals surface area contributed by atoms with Crippen LogP contribution in [-0.2, 0) is 0 Å². The molecule has 0 aliphatic heterocycles. The summed E-state index contributed by atoms with van der Waals surface area (Å²) in [5.41, 5.74) is 0.932. The lowest BCUT2D eigenvalue weighted by Crippen LogP contribution is -2.22. The molecule has 2 aliphatic rings. The maximum Gasteiger partial charge on any atom is 0.270 e. The Balaban J connectivity index is 2.08. The van der Waals surface area contributed by atoms with Gasteiger partial charge < -0.3 is 0 Å². The molecule has 0 aromatic carbocycles. The molecule has 0 radical (unpaired) electrons. The Kier molecular flexibility index (Phi) is 2.60. The number of hydrogen-bond acceptors (Lipinski definition) is 0. The topological polar surface area (TPSA) is 0 Å². The molecule has 0 amide bonds. The fourth-order valence-corrected chi connectivity index (χ4v) is 9.13. The SMILES string of the molecule is Br[Si](Br)(Br)C1CC2CCC1C2. The van der Waals surface area contributed by atoms with Gasteiger partial charge in [0.15, 0.2) is 0 Å². The standard InChI is InChI=1S/C7H11Br3Si/c8-11(9,10)7-4-5-1-2-6(7)3-5/h5-7H,1-4H2. The molecule has 3 unspecified atom stereocenters. The molecule has 2 rings (SSSR count). The molecule has 2 aliphatic carbocycles. The zero-order valence-electron chi connectivity index (χ0n) is 6.19. The molecule has 0 heterocycles. The monoisotopic (exact) mass is 360 g/mol. The molecule has 64 valence electrons. The molecular formula is C7H11Br3Si. The van der Waals surface area contributed by atoms with Crippen LogP contribution in [0.25, 0.3) is 0 Å². The molecule has 2 fully saturated rings. The van der Waals surface area contributed by atoms with Crippen molar-refractivity contribution in [1.29, 1.82) is 0 Å². The van der Waals surface area contributed by atoms with Gasteiger partial charge in [0.1, 0.15) is 0 Å². The lowest BCUT2D eigenvalue weighted by atomic mass is 10.0. The third-order valence-electron chi connectivity index (χ3n) is 3.16. The molecular weight excluding hydrogens is 352 g/mol. The van der Waals surface area contributed by atoms with Crippen molar-refractivity contribution in [3.63, 3.8) is 0 Å². The predicted octanol–water partition coefficient (Wildman–Crippen LogP) is 4.30. The summed E-state index contributed by atoms with van der Waals surface area (Å²) in [7, 11) is 0. The number of fused-ring (bicyclic) bond motifs is 2. The van der Waals surface area contributed by atoms with E-state index in [4.69, 9.17) is 0 Å².